The van der Waals surface area contributed by atoms with E-state index in [0.29, 0.717) is 19.0 Å². The summed E-state index contributed by atoms with van der Waals surface area (Å²) < 4.78 is 26.1. The zero-order chi connectivity index (χ0) is 14.5. The first-order valence-corrected chi connectivity index (χ1v) is 8.78. The van der Waals surface area contributed by atoms with Gasteiger partial charge in [-0.25, -0.2) is 13.1 Å². The summed E-state index contributed by atoms with van der Waals surface area (Å²) >= 11 is 0. The van der Waals surface area contributed by atoms with Crippen molar-refractivity contribution in [1.82, 2.24) is 9.62 Å². The number of hydrogen-bond acceptors (Lipinski definition) is 4. The van der Waals surface area contributed by atoms with Crippen LogP contribution in [-0.2, 0) is 10.0 Å². The normalized spacial score (nSPS) is 23.7. The van der Waals surface area contributed by atoms with Gasteiger partial charge in [-0.1, -0.05) is 6.92 Å². The number of aliphatic hydroxyl groups is 1. The largest absolute Gasteiger partial charge is 0.392 e. The Labute approximate surface area is 117 Å². The van der Waals surface area contributed by atoms with Crippen molar-refractivity contribution in [3.8, 4) is 0 Å². The van der Waals surface area contributed by atoms with E-state index in [-0.39, 0.29) is 11.4 Å². The van der Waals surface area contributed by atoms with Gasteiger partial charge in [-0.3, -0.25) is 0 Å². The summed E-state index contributed by atoms with van der Waals surface area (Å²) in [6, 6.07) is 0. The van der Waals surface area contributed by atoms with Gasteiger partial charge in [-0.2, -0.15) is 0 Å². The molecule has 0 radical (unpaired) electrons. The Balaban J connectivity index is 2.39. The first kappa shape index (κ1) is 16.9. The van der Waals surface area contributed by atoms with Crippen LogP contribution in [0.4, 0.5) is 0 Å². The Morgan fingerprint density at radius 2 is 2.11 bits per heavy atom. The minimum atomic E-state index is -3.16. The highest BCUT2D eigenvalue weighted by Crippen LogP contribution is 2.16. The molecule has 1 aliphatic rings. The zero-order valence-corrected chi connectivity index (χ0v) is 13.1. The highest BCUT2D eigenvalue weighted by atomic mass is 32.2. The summed E-state index contributed by atoms with van der Waals surface area (Å²) in [6.07, 6.45) is 2.62. The lowest BCUT2D eigenvalue weighted by Gasteiger charge is -2.34. The summed E-state index contributed by atoms with van der Waals surface area (Å²) in [4.78, 5) is 2.24. The Bertz CT molecular complexity index is 357. The molecule has 114 valence electrons. The number of rotatable bonds is 7. The molecule has 2 N–H and O–H groups in total. The second-order valence-electron chi connectivity index (χ2n) is 5.77. The van der Waals surface area contributed by atoms with E-state index in [0.717, 1.165) is 32.4 Å². The highest BCUT2D eigenvalue weighted by molar-refractivity contribution is 7.90. The third-order valence-electron chi connectivity index (χ3n) is 3.74. The van der Waals surface area contributed by atoms with Gasteiger partial charge >= 0.3 is 0 Å². The van der Waals surface area contributed by atoms with Gasteiger partial charge in [0.2, 0.25) is 10.0 Å². The lowest BCUT2D eigenvalue weighted by Crippen LogP contribution is -2.44. The fraction of sp³-hybridized carbons (Fsp3) is 1.00. The number of nitrogens with one attached hydrogen (secondary N) is 1. The average molecular weight is 292 g/mol. The van der Waals surface area contributed by atoms with Crippen LogP contribution in [0.2, 0.25) is 0 Å². The van der Waals surface area contributed by atoms with Crippen LogP contribution in [0.25, 0.3) is 0 Å². The molecule has 0 saturated carbocycles. The van der Waals surface area contributed by atoms with Crippen LogP contribution in [0.15, 0.2) is 0 Å². The highest BCUT2D eigenvalue weighted by Gasteiger charge is 2.23. The van der Waals surface area contributed by atoms with Gasteiger partial charge in [-0.15, -0.1) is 0 Å². The molecule has 0 unspecified atom stereocenters. The van der Waals surface area contributed by atoms with E-state index >= 15 is 0 Å². The summed E-state index contributed by atoms with van der Waals surface area (Å²) in [5.41, 5.74) is 0. The second-order valence-corrected chi connectivity index (χ2v) is 8.09. The smallest absolute Gasteiger partial charge is 0.213 e. The summed E-state index contributed by atoms with van der Waals surface area (Å²) in [7, 11) is -3.16. The Hall–Kier alpha value is -0.170. The van der Waals surface area contributed by atoms with E-state index in [9.17, 15) is 13.5 Å². The lowest BCUT2D eigenvalue weighted by atomic mass is 9.98. The number of piperidine rings is 1. The topological polar surface area (TPSA) is 69.6 Å². The fourth-order valence-electron chi connectivity index (χ4n) is 2.31. The molecule has 0 spiro atoms. The lowest BCUT2D eigenvalue weighted by molar-refractivity contribution is 0.0829. The molecule has 0 aliphatic carbocycles. The molecule has 6 heteroatoms. The van der Waals surface area contributed by atoms with E-state index in [2.05, 4.69) is 9.62 Å². The van der Waals surface area contributed by atoms with Gasteiger partial charge in [0.15, 0.2) is 0 Å². The Kier molecular flexibility index (Phi) is 6.73. The molecule has 1 heterocycles. The van der Waals surface area contributed by atoms with E-state index in [1.807, 2.05) is 6.92 Å². The monoisotopic (exact) mass is 292 g/mol. The predicted octanol–water partition coefficient (Wildman–Crippen LogP) is 0.797. The van der Waals surface area contributed by atoms with Crippen molar-refractivity contribution in [1.29, 1.82) is 0 Å². The van der Waals surface area contributed by atoms with Crippen LogP contribution in [0.5, 0.6) is 0 Å². The van der Waals surface area contributed by atoms with Gasteiger partial charge in [0.25, 0.3) is 0 Å². The molecule has 5 nitrogen and oxygen atoms in total. The van der Waals surface area contributed by atoms with Gasteiger partial charge in [0.05, 0.1) is 11.4 Å². The van der Waals surface area contributed by atoms with Crippen molar-refractivity contribution >= 4 is 10.0 Å². The number of aliphatic hydroxyl groups excluding tert-OH is 1. The third-order valence-corrected chi connectivity index (χ3v) is 5.55. The number of hydrogen-bond donors (Lipinski definition) is 2. The van der Waals surface area contributed by atoms with Crippen LogP contribution in [0.1, 0.15) is 40.0 Å². The summed E-state index contributed by atoms with van der Waals surface area (Å²) in [5, 5.41) is 9.29. The Morgan fingerprint density at radius 3 is 2.68 bits per heavy atom. The SMILES string of the molecule is CC[C@H](O)CN1CCC[C@@H](CNS(=O)(=O)C(C)C)C1. The maximum absolute atomic E-state index is 11.7. The molecule has 1 rings (SSSR count). The summed E-state index contributed by atoms with van der Waals surface area (Å²) in [6.45, 7) is 8.44. The van der Waals surface area contributed by atoms with Crippen molar-refractivity contribution in [3.63, 3.8) is 0 Å². The van der Waals surface area contributed by atoms with Gasteiger partial charge in [0.1, 0.15) is 0 Å². The number of nitrogens with zero attached hydrogens (tertiary/aromatic N) is 1. The Morgan fingerprint density at radius 1 is 1.42 bits per heavy atom. The molecule has 0 aromatic heterocycles. The van der Waals surface area contributed by atoms with Crippen molar-refractivity contribution in [2.45, 2.75) is 51.4 Å². The minimum Gasteiger partial charge on any atom is -0.392 e. The molecule has 1 aliphatic heterocycles. The molecule has 2 atom stereocenters. The number of sulfonamides is 1. The molecular formula is C13H28N2O3S. The van der Waals surface area contributed by atoms with Gasteiger partial charge < -0.3 is 10.0 Å². The van der Waals surface area contributed by atoms with Crippen molar-refractivity contribution in [2.75, 3.05) is 26.2 Å². The van der Waals surface area contributed by atoms with Crippen molar-refractivity contribution < 1.29 is 13.5 Å². The van der Waals surface area contributed by atoms with Crippen molar-refractivity contribution in [2.24, 2.45) is 5.92 Å². The number of β-amino-alcohol motifs (C(OH)–C–C–N with tert-alkyl or cyclic N) is 1. The van der Waals surface area contributed by atoms with Crippen molar-refractivity contribution in [3.05, 3.63) is 0 Å². The molecule has 0 aromatic rings. The van der Waals surface area contributed by atoms with Gasteiger partial charge in [-0.05, 0) is 45.6 Å². The van der Waals surface area contributed by atoms with E-state index in [1.54, 1.807) is 13.8 Å². The minimum absolute atomic E-state index is 0.272. The summed E-state index contributed by atoms with van der Waals surface area (Å²) in [5.74, 6) is 0.353. The molecule has 1 fully saturated rings. The zero-order valence-electron chi connectivity index (χ0n) is 12.3. The van der Waals surface area contributed by atoms with E-state index < -0.39 is 10.0 Å². The molecule has 0 bridgehead atoms. The second kappa shape index (κ2) is 7.57. The first-order valence-electron chi connectivity index (χ1n) is 7.24. The third kappa shape index (κ3) is 5.77. The molecular weight excluding hydrogens is 264 g/mol. The number of likely N-dealkylation sites (tertiary alicyclic amines) is 1. The van der Waals surface area contributed by atoms with Crippen LogP contribution < -0.4 is 4.72 Å². The standard InChI is InChI=1S/C13H28N2O3S/c1-4-13(16)10-15-7-5-6-12(9-15)8-14-19(17,18)11(2)3/h11-14,16H,4-10H2,1-3H3/t12-,13-/m0/s1. The molecule has 0 amide bonds. The van der Waals surface area contributed by atoms with Crippen LogP contribution in [0, 0.1) is 5.92 Å². The average Bonchev–Trinajstić information content (AvgIpc) is 2.36. The first-order chi connectivity index (χ1) is 8.85. The van der Waals surface area contributed by atoms with Crippen LogP contribution in [0.3, 0.4) is 0 Å². The van der Waals surface area contributed by atoms with Crippen LogP contribution >= 0.6 is 0 Å². The maximum Gasteiger partial charge on any atom is 0.213 e. The van der Waals surface area contributed by atoms with Gasteiger partial charge in [0, 0.05) is 19.6 Å². The quantitative estimate of drug-likeness (QED) is 0.728. The molecule has 19 heavy (non-hydrogen) atoms. The predicted molar refractivity (Wildman–Crippen MR) is 77.5 cm³/mol. The molecule has 1 saturated heterocycles. The molecule has 0 aromatic carbocycles. The maximum atomic E-state index is 11.7. The fourth-order valence-corrected chi connectivity index (χ4v) is 3.11. The van der Waals surface area contributed by atoms with Crippen LogP contribution in [-0.4, -0.2) is 56.0 Å². The van der Waals surface area contributed by atoms with E-state index in [4.69, 9.17) is 0 Å². The van der Waals surface area contributed by atoms with E-state index in [1.165, 1.54) is 0 Å².